The van der Waals surface area contributed by atoms with E-state index < -0.39 is 0 Å². The molecule has 0 fully saturated rings. The maximum atomic E-state index is 12.1. The first-order valence-corrected chi connectivity index (χ1v) is 5.96. The van der Waals surface area contributed by atoms with Crippen LogP contribution in [-0.2, 0) is 0 Å². The number of amides is 1. The van der Waals surface area contributed by atoms with Crippen molar-refractivity contribution in [3.8, 4) is 0 Å². The van der Waals surface area contributed by atoms with Crippen LogP contribution in [0.5, 0.6) is 0 Å². The van der Waals surface area contributed by atoms with E-state index in [0.29, 0.717) is 11.3 Å². The van der Waals surface area contributed by atoms with E-state index in [9.17, 15) is 4.79 Å². The van der Waals surface area contributed by atoms with Gasteiger partial charge in [0.1, 0.15) is 0 Å². The van der Waals surface area contributed by atoms with E-state index >= 15 is 0 Å². The molecule has 1 aromatic carbocycles. The van der Waals surface area contributed by atoms with Crippen molar-refractivity contribution >= 4 is 11.6 Å². The van der Waals surface area contributed by atoms with Crippen molar-refractivity contribution in [1.29, 1.82) is 0 Å². The lowest BCUT2D eigenvalue weighted by molar-refractivity contribution is 0.0910. The molecule has 1 amide bonds. The fourth-order valence-electron chi connectivity index (χ4n) is 1.58. The third-order valence-corrected chi connectivity index (χ3v) is 3.19. The third-order valence-electron chi connectivity index (χ3n) is 3.19. The monoisotopic (exact) mass is 234 g/mol. The standard InChI is InChI=1S/C14H22N2O/c1-6-14(4,5)16-13(17)11-8-12(15)10(3)7-9(11)2/h7-8H,6,15H2,1-5H3,(H,16,17). The number of hydrogen-bond acceptors (Lipinski definition) is 2. The maximum absolute atomic E-state index is 12.1. The lowest BCUT2D eigenvalue weighted by Crippen LogP contribution is -2.43. The summed E-state index contributed by atoms with van der Waals surface area (Å²) in [4.78, 5) is 12.1. The largest absolute Gasteiger partial charge is 0.398 e. The van der Waals surface area contributed by atoms with Crippen LogP contribution in [0, 0.1) is 13.8 Å². The molecule has 0 aliphatic rings. The number of rotatable bonds is 3. The van der Waals surface area contributed by atoms with Crippen LogP contribution < -0.4 is 11.1 Å². The van der Waals surface area contributed by atoms with Gasteiger partial charge >= 0.3 is 0 Å². The Kier molecular flexibility index (Phi) is 3.81. The summed E-state index contributed by atoms with van der Waals surface area (Å²) in [6.45, 7) is 9.95. The predicted molar refractivity (Wildman–Crippen MR) is 72.2 cm³/mol. The fourth-order valence-corrected chi connectivity index (χ4v) is 1.58. The van der Waals surface area contributed by atoms with Gasteiger partial charge in [0, 0.05) is 16.8 Å². The number of nitrogens with two attached hydrogens (primary N) is 1. The zero-order valence-electron chi connectivity index (χ0n) is 11.3. The minimum atomic E-state index is -0.191. The third kappa shape index (κ3) is 3.22. The Bertz CT molecular complexity index is 436. The average Bonchev–Trinajstić information content (AvgIpc) is 2.22. The Labute approximate surface area is 103 Å². The van der Waals surface area contributed by atoms with Gasteiger partial charge in [0.2, 0.25) is 0 Å². The molecule has 0 aromatic heterocycles. The van der Waals surface area contributed by atoms with Crippen LogP contribution in [0.15, 0.2) is 12.1 Å². The van der Waals surface area contributed by atoms with Crippen LogP contribution in [0.2, 0.25) is 0 Å². The molecule has 1 rings (SSSR count). The highest BCUT2D eigenvalue weighted by Crippen LogP contribution is 2.19. The van der Waals surface area contributed by atoms with Gasteiger partial charge in [-0.2, -0.15) is 0 Å². The highest BCUT2D eigenvalue weighted by atomic mass is 16.1. The Balaban J connectivity index is 3.01. The summed E-state index contributed by atoms with van der Waals surface area (Å²) in [5.74, 6) is -0.0546. The number of carbonyl (C=O) groups excluding carboxylic acids is 1. The van der Waals surface area contributed by atoms with E-state index in [4.69, 9.17) is 5.73 Å². The quantitative estimate of drug-likeness (QED) is 0.790. The van der Waals surface area contributed by atoms with Gasteiger partial charge in [-0.15, -0.1) is 0 Å². The Morgan fingerprint density at radius 1 is 1.29 bits per heavy atom. The Morgan fingerprint density at radius 2 is 1.88 bits per heavy atom. The van der Waals surface area contributed by atoms with Crippen molar-refractivity contribution in [3.05, 3.63) is 28.8 Å². The van der Waals surface area contributed by atoms with Crippen molar-refractivity contribution in [2.75, 3.05) is 5.73 Å². The van der Waals surface area contributed by atoms with Gasteiger partial charge in [0.05, 0.1) is 0 Å². The van der Waals surface area contributed by atoms with Gasteiger partial charge in [-0.05, 0) is 51.3 Å². The molecule has 3 heteroatoms. The lowest BCUT2D eigenvalue weighted by Gasteiger charge is -2.25. The predicted octanol–water partition coefficient (Wildman–Crippen LogP) is 2.80. The molecule has 3 nitrogen and oxygen atoms in total. The van der Waals surface area contributed by atoms with Gasteiger partial charge < -0.3 is 11.1 Å². The van der Waals surface area contributed by atoms with Gasteiger partial charge in [0.15, 0.2) is 0 Å². The lowest BCUT2D eigenvalue weighted by atomic mass is 9.99. The van der Waals surface area contributed by atoms with Crippen molar-refractivity contribution in [2.45, 2.75) is 46.6 Å². The zero-order chi connectivity index (χ0) is 13.2. The fraction of sp³-hybridized carbons (Fsp3) is 0.500. The molecule has 94 valence electrons. The summed E-state index contributed by atoms with van der Waals surface area (Å²) in [7, 11) is 0. The van der Waals surface area contributed by atoms with Crippen LogP contribution >= 0.6 is 0 Å². The molecule has 0 aliphatic carbocycles. The van der Waals surface area contributed by atoms with Crippen LogP contribution in [0.1, 0.15) is 48.7 Å². The summed E-state index contributed by atoms with van der Waals surface area (Å²) in [5, 5.41) is 3.02. The van der Waals surface area contributed by atoms with Gasteiger partial charge in [-0.1, -0.05) is 13.0 Å². The number of aryl methyl sites for hydroxylation is 2. The molecule has 3 N–H and O–H groups in total. The van der Waals surface area contributed by atoms with Crippen molar-refractivity contribution in [1.82, 2.24) is 5.32 Å². The van der Waals surface area contributed by atoms with Crippen LogP contribution in [0.3, 0.4) is 0 Å². The molecule has 0 atom stereocenters. The van der Waals surface area contributed by atoms with E-state index in [0.717, 1.165) is 17.5 Å². The Hall–Kier alpha value is -1.51. The van der Waals surface area contributed by atoms with Gasteiger partial charge in [-0.25, -0.2) is 0 Å². The molecule has 17 heavy (non-hydrogen) atoms. The Morgan fingerprint density at radius 3 is 2.41 bits per heavy atom. The van der Waals surface area contributed by atoms with Gasteiger partial charge in [0.25, 0.3) is 5.91 Å². The molecule has 0 heterocycles. The SMILES string of the molecule is CCC(C)(C)NC(=O)c1cc(N)c(C)cc1C. The molecule has 0 saturated carbocycles. The molecule has 0 saturated heterocycles. The first kappa shape index (κ1) is 13.6. The molecular formula is C14H22N2O. The number of nitrogens with one attached hydrogen (secondary N) is 1. The molecule has 0 unspecified atom stereocenters. The van der Waals surface area contributed by atoms with E-state index in [2.05, 4.69) is 12.2 Å². The number of anilines is 1. The van der Waals surface area contributed by atoms with Gasteiger partial charge in [-0.3, -0.25) is 4.79 Å². The molecule has 1 aromatic rings. The van der Waals surface area contributed by atoms with E-state index in [1.165, 1.54) is 0 Å². The highest BCUT2D eigenvalue weighted by Gasteiger charge is 2.20. The molecule has 0 bridgehead atoms. The minimum absolute atomic E-state index is 0.0546. The van der Waals surface area contributed by atoms with Crippen LogP contribution in [0.4, 0.5) is 5.69 Å². The summed E-state index contributed by atoms with van der Waals surface area (Å²) in [5.41, 5.74) is 8.94. The summed E-state index contributed by atoms with van der Waals surface area (Å²) in [6, 6.07) is 3.70. The first-order valence-electron chi connectivity index (χ1n) is 5.96. The average molecular weight is 234 g/mol. The number of nitrogen functional groups attached to an aromatic ring is 1. The second kappa shape index (κ2) is 4.78. The summed E-state index contributed by atoms with van der Waals surface area (Å²) in [6.07, 6.45) is 0.888. The molecular weight excluding hydrogens is 212 g/mol. The maximum Gasteiger partial charge on any atom is 0.252 e. The van der Waals surface area contributed by atoms with Crippen LogP contribution in [0.25, 0.3) is 0 Å². The summed E-state index contributed by atoms with van der Waals surface area (Å²) < 4.78 is 0. The number of carbonyl (C=O) groups is 1. The number of benzene rings is 1. The second-order valence-corrected chi connectivity index (χ2v) is 5.22. The van der Waals surface area contributed by atoms with Crippen molar-refractivity contribution < 1.29 is 4.79 Å². The molecule has 0 aliphatic heterocycles. The second-order valence-electron chi connectivity index (χ2n) is 5.22. The topological polar surface area (TPSA) is 55.1 Å². The molecule has 0 radical (unpaired) electrons. The first-order chi connectivity index (χ1) is 7.76. The normalized spacial score (nSPS) is 11.4. The van der Waals surface area contributed by atoms with Crippen molar-refractivity contribution in [2.24, 2.45) is 0 Å². The van der Waals surface area contributed by atoms with Crippen LogP contribution in [-0.4, -0.2) is 11.4 Å². The van der Waals surface area contributed by atoms with E-state index in [1.54, 1.807) is 6.07 Å². The highest BCUT2D eigenvalue weighted by molar-refractivity contribution is 5.97. The zero-order valence-corrected chi connectivity index (χ0v) is 11.3. The minimum Gasteiger partial charge on any atom is -0.398 e. The summed E-state index contributed by atoms with van der Waals surface area (Å²) >= 11 is 0. The van der Waals surface area contributed by atoms with Crippen molar-refractivity contribution in [3.63, 3.8) is 0 Å². The smallest absolute Gasteiger partial charge is 0.252 e. The van der Waals surface area contributed by atoms with E-state index in [1.807, 2.05) is 33.8 Å². The number of hydrogen-bond donors (Lipinski definition) is 2. The van der Waals surface area contributed by atoms with E-state index in [-0.39, 0.29) is 11.4 Å². The molecule has 0 spiro atoms.